The molecule has 0 radical (unpaired) electrons. The number of hydrogen-bond donors (Lipinski definition) is 1. The van der Waals surface area contributed by atoms with Crippen LogP contribution in [0.3, 0.4) is 0 Å². The number of carbonyl (C=O) groups is 1. The maximum atomic E-state index is 11.6. The lowest BCUT2D eigenvalue weighted by molar-refractivity contribution is -0.0591. The van der Waals surface area contributed by atoms with Gasteiger partial charge in [0.25, 0.3) is 0 Å². The van der Waals surface area contributed by atoms with E-state index in [2.05, 4.69) is 15.5 Å². The quantitative estimate of drug-likeness (QED) is 0.241. The molecule has 0 aliphatic carbocycles. The minimum atomic E-state index is -0.940. The van der Waals surface area contributed by atoms with Crippen LogP contribution >= 0.6 is 0 Å². The van der Waals surface area contributed by atoms with E-state index >= 15 is 0 Å². The Bertz CT molecular complexity index is 1640. The molecule has 224 valence electrons. The van der Waals surface area contributed by atoms with Crippen molar-refractivity contribution in [1.29, 1.82) is 0 Å². The molecule has 0 unspecified atom stereocenters. The first-order valence-electron chi connectivity index (χ1n) is 14.7. The van der Waals surface area contributed by atoms with Crippen molar-refractivity contribution in [3.63, 3.8) is 0 Å². The topological polar surface area (TPSA) is 108 Å². The van der Waals surface area contributed by atoms with Crippen molar-refractivity contribution in [3.05, 3.63) is 83.3 Å². The van der Waals surface area contributed by atoms with E-state index in [1.54, 1.807) is 25.3 Å². The average Bonchev–Trinajstić information content (AvgIpc) is 3.34. The molecule has 4 heterocycles. The molecule has 0 bridgehead atoms. The van der Waals surface area contributed by atoms with Gasteiger partial charge in [-0.05, 0) is 67.3 Å². The van der Waals surface area contributed by atoms with Gasteiger partial charge in [-0.3, -0.25) is 4.90 Å². The first-order chi connectivity index (χ1) is 21.0. The molecule has 2 aliphatic rings. The van der Waals surface area contributed by atoms with Crippen LogP contribution in [0.2, 0.25) is 0 Å². The number of methoxy groups -OCH3 is 1. The number of benzene rings is 2. The summed E-state index contributed by atoms with van der Waals surface area (Å²) in [6.45, 7) is 6.60. The molecule has 1 saturated heterocycles. The number of rotatable bonds is 12. The summed E-state index contributed by atoms with van der Waals surface area (Å²) in [6.07, 6.45) is 4.20. The largest absolute Gasteiger partial charge is 0.493 e. The van der Waals surface area contributed by atoms with Gasteiger partial charge in [0.05, 0.1) is 55.2 Å². The molecule has 2 aromatic heterocycles. The van der Waals surface area contributed by atoms with Crippen LogP contribution in [0.15, 0.2) is 60.7 Å². The second-order valence-electron chi connectivity index (χ2n) is 10.7. The zero-order valence-electron chi connectivity index (χ0n) is 24.5. The second kappa shape index (κ2) is 12.8. The lowest BCUT2D eigenvalue weighted by Gasteiger charge is -2.29. The minimum absolute atomic E-state index is 0.134. The summed E-state index contributed by atoms with van der Waals surface area (Å²) in [5.41, 5.74) is 4.97. The van der Waals surface area contributed by atoms with Gasteiger partial charge in [-0.25, -0.2) is 14.8 Å². The highest BCUT2D eigenvalue weighted by atomic mass is 16.5. The maximum Gasteiger partial charge on any atom is 0.335 e. The van der Waals surface area contributed by atoms with Crippen molar-refractivity contribution in [1.82, 2.24) is 19.4 Å². The molecule has 10 heteroatoms. The summed E-state index contributed by atoms with van der Waals surface area (Å²) < 4.78 is 24.9. The summed E-state index contributed by atoms with van der Waals surface area (Å²) in [5.74, 6) is 1.94. The number of pyridine rings is 1. The molecule has 4 aromatic rings. The fourth-order valence-corrected chi connectivity index (χ4v) is 5.46. The molecule has 1 fully saturated rings. The molecular formula is C33H36N4O6. The van der Waals surface area contributed by atoms with Crippen molar-refractivity contribution in [2.24, 2.45) is 0 Å². The smallest absolute Gasteiger partial charge is 0.335 e. The Morgan fingerprint density at radius 1 is 1.09 bits per heavy atom. The van der Waals surface area contributed by atoms with Crippen LogP contribution in [0.1, 0.15) is 47.2 Å². The third-order valence-corrected chi connectivity index (χ3v) is 7.88. The number of aromatic carboxylic acids is 1. The highest BCUT2D eigenvalue weighted by Gasteiger charge is 2.24. The predicted molar refractivity (Wildman–Crippen MR) is 162 cm³/mol. The zero-order valence-corrected chi connectivity index (χ0v) is 24.5. The molecule has 2 aliphatic heterocycles. The van der Waals surface area contributed by atoms with Gasteiger partial charge in [-0.15, -0.1) is 0 Å². The fraction of sp³-hybridized carbons (Fsp3) is 0.364. The third-order valence-electron chi connectivity index (χ3n) is 7.88. The SMILES string of the molecule is CCOc1ccc(COc2cccc(C3=CCN(Cc4nc5ccc(C(=O)O)cc5n4C[C@@H]4CCO4)CC3)n2)cc1OC. The maximum absolute atomic E-state index is 11.6. The van der Waals surface area contributed by atoms with Crippen molar-refractivity contribution < 1.29 is 28.8 Å². The predicted octanol–water partition coefficient (Wildman–Crippen LogP) is 5.19. The normalized spacial score (nSPS) is 16.9. The fourth-order valence-electron chi connectivity index (χ4n) is 5.46. The van der Waals surface area contributed by atoms with Gasteiger partial charge in [0.2, 0.25) is 5.88 Å². The number of carboxylic acid groups (broad SMARTS) is 1. The van der Waals surface area contributed by atoms with Crippen LogP contribution in [0.5, 0.6) is 17.4 Å². The standard InChI is InChI=1S/C33H36N4O6/c1-3-41-29-10-7-22(17-30(29)40-2)21-43-32-6-4-5-26(35-32)23-11-14-36(15-12-23)20-31-34-27-9-8-24(33(38)39)18-28(27)37(31)19-25-13-16-42-25/h4-11,17-18,25H,3,12-16,19-21H2,1-2H3,(H,38,39)/t25-/m0/s1. The lowest BCUT2D eigenvalue weighted by Crippen LogP contribution is -2.33. The summed E-state index contributed by atoms with van der Waals surface area (Å²) in [4.78, 5) is 23.6. The molecule has 0 saturated carbocycles. The number of imidazole rings is 1. The van der Waals surface area contributed by atoms with E-state index in [0.717, 1.165) is 60.7 Å². The van der Waals surface area contributed by atoms with Crippen molar-refractivity contribution in [3.8, 4) is 17.4 Å². The Balaban J connectivity index is 1.12. The number of hydrogen-bond acceptors (Lipinski definition) is 8. The van der Waals surface area contributed by atoms with Gasteiger partial charge < -0.3 is 28.6 Å². The van der Waals surface area contributed by atoms with Gasteiger partial charge in [-0.2, -0.15) is 0 Å². The van der Waals surface area contributed by atoms with E-state index in [9.17, 15) is 9.90 Å². The molecule has 43 heavy (non-hydrogen) atoms. The van der Waals surface area contributed by atoms with Gasteiger partial charge in [0.1, 0.15) is 12.4 Å². The van der Waals surface area contributed by atoms with E-state index in [1.807, 2.05) is 43.3 Å². The third kappa shape index (κ3) is 6.50. The van der Waals surface area contributed by atoms with Crippen molar-refractivity contribution >= 4 is 22.6 Å². The molecule has 0 amide bonds. The molecule has 0 spiro atoms. The van der Waals surface area contributed by atoms with E-state index in [-0.39, 0.29) is 11.7 Å². The zero-order chi connectivity index (χ0) is 29.8. The van der Waals surface area contributed by atoms with Crippen LogP contribution in [0.4, 0.5) is 0 Å². The first-order valence-corrected chi connectivity index (χ1v) is 14.7. The highest BCUT2D eigenvalue weighted by molar-refractivity contribution is 5.92. The summed E-state index contributed by atoms with van der Waals surface area (Å²) in [6, 6.07) is 16.8. The number of ether oxygens (including phenoxy) is 4. The minimum Gasteiger partial charge on any atom is -0.493 e. The molecule has 10 nitrogen and oxygen atoms in total. The van der Waals surface area contributed by atoms with Crippen LogP contribution in [0.25, 0.3) is 16.6 Å². The summed E-state index contributed by atoms with van der Waals surface area (Å²) in [7, 11) is 1.63. The Morgan fingerprint density at radius 3 is 2.70 bits per heavy atom. The number of carboxylic acids is 1. The number of fused-ring (bicyclic) bond motifs is 1. The highest BCUT2D eigenvalue weighted by Crippen LogP contribution is 2.29. The van der Waals surface area contributed by atoms with E-state index < -0.39 is 5.97 Å². The lowest BCUT2D eigenvalue weighted by atomic mass is 10.0. The monoisotopic (exact) mass is 584 g/mol. The van der Waals surface area contributed by atoms with Gasteiger partial charge in [0.15, 0.2) is 11.5 Å². The Kier molecular flexibility index (Phi) is 8.57. The van der Waals surface area contributed by atoms with E-state index in [4.69, 9.17) is 28.9 Å². The van der Waals surface area contributed by atoms with Gasteiger partial charge in [-0.1, -0.05) is 18.2 Å². The second-order valence-corrected chi connectivity index (χ2v) is 10.7. The van der Waals surface area contributed by atoms with Crippen LogP contribution < -0.4 is 14.2 Å². The average molecular weight is 585 g/mol. The molecule has 6 rings (SSSR count). The number of aromatic nitrogens is 3. The molecule has 1 atom stereocenters. The van der Waals surface area contributed by atoms with Gasteiger partial charge in [0, 0.05) is 25.8 Å². The van der Waals surface area contributed by atoms with Crippen molar-refractivity contribution in [2.75, 3.05) is 33.4 Å². The van der Waals surface area contributed by atoms with Crippen LogP contribution in [0, 0.1) is 0 Å². The molecule has 1 N–H and O–H groups in total. The van der Waals surface area contributed by atoms with Crippen LogP contribution in [-0.2, 0) is 24.4 Å². The van der Waals surface area contributed by atoms with E-state index in [0.29, 0.717) is 43.7 Å². The summed E-state index contributed by atoms with van der Waals surface area (Å²) in [5, 5.41) is 9.51. The van der Waals surface area contributed by atoms with E-state index in [1.165, 1.54) is 5.57 Å². The molecular weight excluding hydrogens is 548 g/mol. The Morgan fingerprint density at radius 2 is 1.98 bits per heavy atom. The Hall–Kier alpha value is -4.41. The first kappa shape index (κ1) is 28.7. The molecule has 2 aromatic carbocycles. The Labute approximate surface area is 250 Å². The van der Waals surface area contributed by atoms with Crippen LogP contribution in [-0.4, -0.2) is 70.0 Å². The van der Waals surface area contributed by atoms with Gasteiger partial charge >= 0.3 is 5.97 Å². The summed E-state index contributed by atoms with van der Waals surface area (Å²) >= 11 is 0. The number of nitrogens with zero attached hydrogens (tertiary/aromatic N) is 4. The van der Waals surface area contributed by atoms with Crippen molar-refractivity contribution in [2.45, 2.75) is 45.6 Å².